The highest BCUT2D eigenvalue weighted by atomic mass is 35.5. The number of ether oxygens (including phenoxy) is 1. The molecular weight excluding hydrogens is 289 g/mol. The Morgan fingerprint density at radius 2 is 1.89 bits per heavy atom. The van der Waals surface area contributed by atoms with Crippen molar-refractivity contribution >= 4 is 29.1 Å². The van der Waals surface area contributed by atoms with Gasteiger partial charge in [-0.25, -0.2) is 0 Å². The molecule has 0 heterocycles. The number of methoxy groups -OCH3 is 1. The van der Waals surface area contributed by atoms with Crippen LogP contribution in [0.25, 0.3) is 0 Å². The van der Waals surface area contributed by atoms with Crippen LogP contribution in [0.2, 0.25) is 10.0 Å². The summed E-state index contributed by atoms with van der Waals surface area (Å²) in [6, 6.07) is 2.85. The molecule has 0 bridgehead atoms. The molecule has 1 aromatic rings. The van der Waals surface area contributed by atoms with Crippen molar-refractivity contribution in [3.05, 3.63) is 27.7 Å². The summed E-state index contributed by atoms with van der Waals surface area (Å²) in [5.41, 5.74) is 0.355. The minimum atomic E-state index is -0.474. The fraction of sp³-hybridized carbons (Fsp3) is 0.462. The highest BCUT2D eigenvalue weighted by molar-refractivity contribution is 6.37. The number of amides is 1. The third kappa shape index (κ3) is 4.56. The zero-order valence-electron chi connectivity index (χ0n) is 11.0. The van der Waals surface area contributed by atoms with E-state index in [1.165, 1.54) is 19.2 Å². The first-order valence-corrected chi connectivity index (χ1v) is 6.62. The SMILES string of the molecule is COc1c(Cl)cc(C(=O)NC(C)CC(C)O)cc1Cl. The van der Waals surface area contributed by atoms with E-state index in [-0.39, 0.29) is 22.0 Å². The van der Waals surface area contributed by atoms with Crippen LogP contribution >= 0.6 is 23.2 Å². The van der Waals surface area contributed by atoms with Crippen molar-refractivity contribution in [1.29, 1.82) is 0 Å². The van der Waals surface area contributed by atoms with Gasteiger partial charge in [0.15, 0.2) is 5.75 Å². The van der Waals surface area contributed by atoms with Gasteiger partial charge in [-0.2, -0.15) is 0 Å². The predicted molar refractivity (Wildman–Crippen MR) is 76.2 cm³/mol. The van der Waals surface area contributed by atoms with E-state index in [1.54, 1.807) is 6.92 Å². The van der Waals surface area contributed by atoms with Crippen LogP contribution in [-0.4, -0.2) is 30.3 Å². The van der Waals surface area contributed by atoms with Gasteiger partial charge in [-0.15, -0.1) is 0 Å². The lowest BCUT2D eigenvalue weighted by Gasteiger charge is -2.16. The van der Waals surface area contributed by atoms with Crippen molar-refractivity contribution in [2.45, 2.75) is 32.4 Å². The summed E-state index contributed by atoms with van der Waals surface area (Å²) in [4.78, 5) is 12.0. The van der Waals surface area contributed by atoms with Gasteiger partial charge in [-0.1, -0.05) is 23.2 Å². The van der Waals surface area contributed by atoms with Crippen LogP contribution in [0.3, 0.4) is 0 Å². The summed E-state index contributed by atoms with van der Waals surface area (Å²) < 4.78 is 5.02. The first-order valence-electron chi connectivity index (χ1n) is 5.87. The molecule has 1 aromatic carbocycles. The molecule has 4 nitrogen and oxygen atoms in total. The lowest BCUT2D eigenvalue weighted by Crippen LogP contribution is -2.34. The quantitative estimate of drug-likeness (QED) is 0.879. The first-order chi connectivity index (χ1) is 8.85. The molecule has 19 heavy (non-hydrogen) atoms. The van der Waals surface area contributed by atoms with Gasteiger partial charge < -0.3 is 15.2 Å². The number of nitrogens with one attached hydrogen (secondary N) is 1. The lowest BCUT2D eigenvalue weighted by atomic mass is 10.1. The predicted octanol–water partition coefficient (Wildman–Crippen LogP) is 2.89. The third-order valence-corrected chi connectivity index (χ3v) is 3.10. The number of aliphatic hydroxyl groups is 1. The molecule has 0 aromatic heterocycles. The Bertz CT molecular complexity index is 440. The summed E-state index contributed by atoms with van der Waals surface area (Å²) in [5.74, 6) is 0.0523. The molecule has 0 saturated carbocycles. The van der Waals surface area contributed by atoms with E-state index >= 15 is 0 Å². The minimum Gasteiger partial charge on any atom is -0.494 e. The Morgan fingerprint density at radius 3 is 2.32 bits per heavy atom. The molecule has 0 saturated heterocycles. The van der Waals surface area contributed by atoms with E-state index in [9.17, 15) is 9.90 Å². The van der Waals surface area contributed by atoms with Crippen molar-refractivity contribution in [3.8, 4) is 5.75 Å². The van der Waals surface area contributed by atoms with E-state index in [4.69, 9.17) is 27.9 Å². The molecule has 6 heteroatoms. The zero-order chi connectivity index (χ0) is 14.6. The van der Waals surface area contributed by atoms with Gasteiger partial charge in [0.2, 0.25) is 0 Å². The maximum atomic E-state index is 12.0. The smallest absolute Gasteiger partial charge is 0.251 e. The average Bonchev–Trinajstić information content (AvgIpc) is 2.26. The Hall–Kier alpha value is -0.970. The maximum Gasteiger partial charge on any atom is 0.251 e. The summed E-state index contributed by atoms with van der Waals surface area (Å²) in [6.07, 6.45) is 0.00180. The number of hydrogen-bond acceptors (Lipinski definition) is 3. The van der Waals surface area contributed by atoms with Gasteiger partial charge >= 0.3 is 0 Å². The van der Waals surface area contributed by atoms with Crippen LogP contribution in [0.4, 0.5) is 0 Å². The van der Waals surface area contributed by atoms with E-state index < -0.39 is 6.10 Å². The second-order valence-corrected chi connectivity index (χ2v) is 5.25. The Kier molecular flexibility index (Phi) is 5.91. The summed E-state index contributed by atoms with van der Waals surface area (Å²) >= 11 is 11.9. The zero-order valence-corrected chi connectivity index (χ0v) is 12.5. The molecule has 1 rings (SSSR count). The number of rotatable bonds is 5. The normalized spacial score (nSPS) is 13.8. The van der Waals surface area contributed by atoms with Gasteiger partial charge in [0.05, 0.1) is 23.3 Å². The van der Waals surface area contributed by atoms with E-state index in [2.05, 4.69) is 5.32 Å². The first kappa shape index (κ1) is 16.1. The Balaban J connectivity index is 2.83. The third-order valence-electron chi connectivity index (χ3n) is 2.54. The Labute approximate surface area is 122 Å². The largest absolute Gasteiger partial charge is 0.494 e. The van der Waals surface area contributed by atoms with Crippen molar-refractivity contribution < 1.29 is 14.6 Å². The van der Waals surface area contributed by atoms with Crippen molar-refractivity contribution in [1.82, 2.24) is 5.32 Å². The lowest BCUT2D eigenvalue weighted by molar-refractivity contribution is 0.0923. The molecule has 0 aliphatic rings. The summed E-state index contributed by atoms with van der Waals surface area (Å²) in [5, 5.41) is 12.6. The van der Waals surface area contributed by atoms with Gasteiger partial charge in [0.1, 0.15) is 0 Å². The number of aliphatic hydroxyl groups excluding tert-OH is 1. The molecule has 0 fully saturated rings. The van der Waals surface area contributed by atoms with Gasteiger partial charge in [-0.05, 0) is 32.4 Å². The second-order valence-electron chi connectivity index (χ2n) is 4.43. The van der Waals surface area contributed by atoms with Gasteiger partial charge in [0.25, 0.3) is 5.91 Å². The minimum absolute atomic E-state index is 0.146. The Morgan fingerprint density at radius 1 is 1.37 bits per heavy atom. The number of carbonyl (C=O) groups excluding carboxylic acids is 1. The molecule has 106 valence electrons. The van der Waals surface area contributed by atoms with Gasteiger partial charge in [0, 0.05) is 11.6 Å². The van der Waals surface area contributed by atoms with E-state index in [1.807, 2.05) is 6.92 Å². The molecule has 1 amide bonds. The standard InChI is InChI=1S/C13H17Cl2NO3/c1-7(4-8(2)17)16-13(18)9-5-10(14)12(19-3)11(15)6-9/h5-8,17H,4H2,1-3H3,(H,16,18). The molecule has 2 atom stereocenters. The molecule has 2 unspecified atom stereocenters. The van der Waals surface area contributed by atoms with Crippen molar-refractivity contribution in [3.63, 3.8) is 0 Å². The molecule has 2 N–H and O–H groups in total. The van der Waals surface area contributed by atoms with Crippen LogP contribution in [0, 0.1) is 0 Å². The van der Waals surface area contributed by atoms with Crippen molar-refractivity contribution in [2.24, 2.45) is 0 Å². The van der Waals surface area contributed by atoms with Crippen LogP contribution in [0.5, 0.6) is 5.75 Å². The van der Waals surface area contributed by atoms with Crippen LogP contribution < -0.4 is 10.1 Å². The molecular formula is C13H17Cl2NO3. The second kappa shape index (κ2) is 6.98. The van der Waals surface area contributed by atoms with Gasteiger partial charge in [-0.3, -0.25) is 4.79 Å². The molecule has 0 aliphatic carbocycles. The highest BCUT2D eigenvalue weighted by Gasteiger charge is 2.15. The monoisotopic (exact) mass is 305 g/mol. The fourth-order valence-corrected chi connectivity index (χ4v) is 2.41. The van der Waals surface area contributed by atoms with E-state index in [0.29, 0.717) is 17.7 Å². The fourth-order valence-electron chi connectivity index (χ4n) is 1.76. The maximum absolute atomic E-state index is 12.0. The summed E-state index contributed by atoms with van der Waals surface area (Å²) in [7, 11) is 1.46. The highest BCUT2D eigenvalue weighted by Crippen LogP contribution is 2.33. The van der Waals surface area contributed by atoms with Crippen LogP contribution in [0.15, 0.2) is 12.1 Å². The topological polar surface area (TPSA) is 58.6 Å². The number of hydrogen-bond donors (Lipinski definition) is 2. The number of halogens is 2. The van der Waals surface area contributed by atoms with E-state index in [0.717, 1.165) is 0 Å². The summed E-state index contributed by atoms with van der Waals surface area (Å²) in [6.45, 7) is 3.49. The molecule has 0 aliphatic heterocycles. The molecule has 0 spiro atoms. The number of carbonyl (C=O) groups is 1. The molecule has 0 radical (unpaired) electrons. The van der Waals surface area contributed by atoms with Crippen LogP contribution in [0.1, 0.15) is 30.6 Å². The average molecular weight is 306 g/mol. The number of benzene rings is 1. The van der Waals surface area contributed by atoms with Crippen LogP contribution in [-0.2, 0) is 0 Å². The van der Waals surface area contributed by atoms with Crippen molar-refractivity contribution in [2.75, 3.05) is 7.11 Å².